The van der Waals surface area contributed by atoms with Gasteiger partial charge in [-0.15, -0.1) is 10.2 Å². The van der Waals surface area contributed by atoms with Crippen LogP contribution in [0.15, 0.2) is 52.1 Å². The predicted octanol–water partition coefficient (Wildman–Crippen LogP) is 3.56. The predicted molar refractivity (Wildman–Crippen MR) is 123 cm³/mol. The highest BCUT2D eigenvalue weighted by Gasteiger charge is 2.13. The van der Waals surface area contributed by atoms with E-state index in [1.54, 1.807) is 43.0 Å². The van der Waals surface area contributed by atoms with Crippen molar-refractivity contribution in [3.05, 3.63) is 63.9 Å². The summed E-state index contributed by atoms with van der Waals surface area (Å²) in [5.41, 5.74) is 2.31. The van der Waals surface area contributed by atoms with E-state index in [1.807, 2.05) is 25.1 Å². The van der Waals surface area contributed by atoms with Crippen molar-refractivity contribution in [1.29, 1.82) is 0 Å². The third kappa shape index (κ3) is 6.08. The van der Waals surface area contributed by atoms with Crippen LogP contribution in [0.4, 0.5) is 5.69 Å². The lowest BCUT2D eigenvalue weighted by Gasteiger charge is -2.08. The maximum absolute atomic E-state index is 12.3. The number of rotatable bonds is 8. The van der Waals surface area contributed by atoms with Crippen molar-refractivity contribution in [2.75, 3.05) is 18.2 Å². The number of ether oxygens (including phenoxy) is 1. The fourth-order valence-electron chi connectivity index (χ4n) is 2.68. The summed E-state index contributed by atoms with van der Waals surface area (Å²) < 4.78 is 7.84. The molecule has 1 aromatic heterocycles. The van der Waals surface area contributed by atoms with Crippen LogP contribution in [0.2, 0.25) is 0 Å². The minimum Gasteiger partial charge on any atom is -0.497 e. The first kappa shape index (κ1) is 22.8. The molecule has 0 fully saturated rings. The Bertz CT molecular complexity index is 1090. The first-order chi connectivity index (χ1) is 14.9. The molecule has 2 aromatic carbocycles. The second-order valence-electron chi connectivity index (χ2n) is 6.67. The Hall–Kier alpha value is -2.85. The van der Waals surface area contributed by atoms with Crippen molar-refractivity contribution in [3.63, 3.8) is 0 Å². The normalized spacial score (nSPS) is 10.6. The fraction of sp³-hybridized carbons (Fsp3) is 0.238. The number of amides is 2. The number of carbonyl (C=O) groups excluding carboxylic acids is 2. The van der Waals surface area contributed by atoms with Gasteiger partial charge in [-0.2, -0.15) is 0 Å². The van der Waals surface area contributed by atoms with E-state index >= 15 is 0 Å². The second kappa shape index (κ2) is 10.5. The molecule has 0 atom stereocenters. The van der Waals surface area contributed by atoms with E-state index in [4.69, 9.17) is 4.74 Å². The Morgan fingerprint density at radius 1 is 1.16 bits per heavy atom. The van der Waals surface area contributed by atoms with Crippen LogP contribution in [-0.4, -0.2) is 39.4 Å². The van der Waals surface area contributed by atoms with Gasteiger partial charge in [0.1, 0.15) is 5.75 Å². The lowest BCUT2D eigenvalue weighted by molar-refractivity contribution is -0.113. The molecular formula is C21H22BrN5O3S. The zero-order valence-corrected chi connectivity index (χ0v) is 19.7. The molecule has 0 aliphatic heterocycles. The fourth-order valence-corrected chi connectivity index (χ4v) is 3.65. The van der Waals surface area contributed by atoms with Crippen molar-refractivity contribution in [2.45, 2.75) is 18.6 Å². The molecule has 2 amide bonds. The van der Waals surface area contributed by atoms with Crippen LogP contribution in [0, 0.1) is 6.92 Å². The van der Waals surface area contributed by atoms with E-state index in [0.29, 0.717) is 22.3 Å². The standard InChI is InChI=1S/C21H22BrN5O3S/c1-13-10-15(6-9-17(13)22)24-19(28)12-31-21-26-25-18(27(21)2)11-23-20(29)14-4-7-16(30-3)8-5-14/h4-10H,11-12H2,1-3H3,(H,23,29)(H,24,28). The monoisotopic (exact) mass is 503 g/mol. The molecule has 3 aromatic rings. The van der Waals surface area contributed by atoms with Crippen LogP contribution in [0.3, 0.4) is 0 Å². The number of anilines is 1. The summed E-state index contributed by atoms with van der Waals surface area (Å²) in [4.78, 5) is 24.5. The van der Waals surface area contributed by atoms with Crippen LogP contribution in [-0.2, 0) is 18.4 Å². The summed E-state index contributed by atoms with van der Waals surface area (Å²) in [6, 6.07) is 12.5. The molecule has 31 heavy (non-hydrogen) atoms. The molecule has 2 N–H and O–H groups in total. The van der Waals surface area contributed by atoms with Gasteiger partial charge in [0, 0.05) is 22.8 Å². The van der Waals surface area contributed by atoms with Gasteiger partial charge in [0.2, 0.25) is 5.91 Å². The number of nitrogens with one attached hydrogen (secondary N) is 2. The van der Waals surface area contributed by atoms with Crippen molar-refractivity contribution >= 4 is 45.2 Å². The highest BCUT2D eigenvalue weighted by molar-refractivity contribution is 9.10. The van der Waals surface area contributed by atoms with Gasteiger partial charge in [0.25, 0.3) is 5.91 Å². The molecule has 0 saturated carbocycles. The Morgan fingerprint density at radius 3 is 2.58 bits per heavy atom. The SMILES string of the molecule is COc1ccc(C(=O)NCc2nnc(SCC(=O)Nc3ccc(Br)c(C)c3)n2C)cc1. The van der Waals surface area contributed by atoms with E-state index in [0.717, 1.165) is 15.7 Å². The molecule has 3 rings (SSSR count). The number of carbonyl (C=O) groups is 2. The molecule has 10 heteroatoms. The lowest BCUT2D eigenvalue weighted by Crippen LogP contribution is -2.24. The summed E-state index contributed by atoms with van der Waals surface area (Å²) in [6.45, 7) is 2.18. The second-order valence-corrected chi connectivity index (χ2v) is 8.47. The molecule has 0 radical (unpaired) electrons. The Labute approximate surface area is 192 Å². The van der Waals surface area contributed by atoms with Gasteiger partial charge in [0.15, 0.2) is 11.0 Å². The van der Waals surface area contributed by atoms with Gasteiger partial charge < -0.3 is 19.9 Å². The molecule has 0 aliphatic rings. The summed E-state index contributed by atoms with van der Waals surface area (Å²) >= 11 is 4.72. The number of aryl methyl sites for hydroxylation is 1. The van der Waals surface area contributed by atoms with Gasteiger partial charge in [-0.3, -0.25) is 9.59 Å². The number of benzene rings is 2. The number of nitrogens with zero attached hydrogens (tertiary/aromatic N) is 3. The minimum absolute atomic E-state index is 0.135. The van der Waals surface area contributed by atoms with Crippen LogP contribution in [0.25, 0.3) is 0 Å². The topological polar surface area (TPSA) is 98.1 Å². The molecule has 1 heterocycles. The molecule has 162 valence electrons. The van der Waals surface area contributed by atoms with Crippen molar-refractivity contribution in [1.82, 2.24) is 20.1 Å². The Balaban J connectivity index is 1.51. The van der Waals surface area contributed by atoms with Gasteiger partial charge in [-0.1, -0.05) is 27.7 Å². The largest absolute Gasteiger partial charge is 0.497 e. The van der Waals surface area contributed by atoms with Crippen LogP contribution in [0.5, 0.6) is 5.75 Å². The van der Waals surface area contributed by atoms with Crippen molar-refractivity contribution in [3.8, 4) is 5.75 Å². The number of hydrogen-bond acceptors (Lipinski definition) is 6. The van der Waals surface area contributed by atoms with Crippen LogP contribution >= 0.6 is 27.7 Å². The number of methoxy groups -OCH3 is 1. The highest BCUT2D eigenvalue weighted by Crippen LogP contribution is 2.21. The van der Waals surface area contributed by atoms with Crippen molar-refractivity contribution < 1.29 is 14.3 Å². The van der Waals surface area contributed by atoms with Gasteiger partial charge >= 0.3 is 0 Å². The smallest absolute Gasteiger partial charge is 0.251 e. The van der Waals surface area contributed by atoms with Crippen LogP contribution in [0.1, 0.15) is 21.7 Å². The summed E-state index contributed by atoms with van der Waals surface area (Å²) in [5, 5.41) is 14.5. The van der Waals surface area contributed by atoms with E-state index in [2.05, 4.69) is 36.8 Å². The minimum atomic E-state index is -0.218. The molecule has 0 bridgehead atoms. The maximum atomic E-state index is 12.3. The summed E-state index contributed by atoms with van der Waals surface area (Å²) in [6.07, 6.45) is 0. The third-order valence-corrected chi connectivity index (χ3v) is 6.37. The van der Waals surface area contributed by atoms with E-state index < -0.39 is 0 Å². The zero-order valence-electron chi connectivity index (χ0n) is 17.3. The van der Waals surface area contributed by atoms with Gasteiger partial charge in [-0.25, -0.2) is 0 Å². The third-order valence-electron chi connectivity index (χ3n) is 4.46. The number of hydrogen-bond donors (Lipinski definition) is 2. The highest BCUT2D eigenvalue weighted by atomic mass is 79.9. The number of thioether (sulfide) groups is 1. The molecule has 0 unspecified atom stereocenters. The molecular weight excluding hydrogens is 482 g/mol. The Morgan fingerprint density at radius 2 is 1.90 bits per heavy atom. The lowest BCUT2D eigenvalue weighted by atomic mass is 10.2. The average molecular weight is 504 g/mol. The maximum Gasteiger partial charge on any atom is 0.251 e. The van der Waals surface area contributed by atoms with Gasteiger partial charge in [0.05, 0.1) is 19.4 Å². The van der Waals surface area contributed by atoms with E-state index in [-0.39, 0.29) is 24.1 Å². The number of halogens is 1. The first-order valence-electron chi connectivity index (χ1n) is 9.36. The molecule has 0 saturated heterocycles. The van der Waals surface area contributed by atoms with Gasteiger partial charge in [-0.05, 0) is 55.0 Å². The Kier molecular flexibility index (Phi) is 7.69. The first-order valence-corrected chi connectivity index (χ1v) is 11.1. The van der Waals surface area contributed by atoms with Crippen LogP contribution < -0.4 is 15.4 Å². The average Bonchev–Trinajstić information content (AvgIpc) is 3.12. The van der Waals surface area contributed by atoms with Crippen molar-refractivity contribution in [2.24, 2.45) is 7.05 Å². The zero-order chi connectivity index (χ0) is 22.4. The molecule has 8 nitrogen and oxygen atoms in total. The quantitative estimate of drug-likeness (QED) is 0.456. The summed E-state index contributed by atoms with van der Waals surface area (Å²) in [7, 11) is 3.37. The van der Waals surface area contributed by atoms with E-state index in [1.165, 1.54) is 11.8 Å². The van der Waals surface area contributed by atoms with E-state index in [9.17, 15) is 9.59 Å². The molecule has 0 spiro atoms. The summed E-state index contributed by atoms with van der Waals surface area (Å²) in [5.74, 6) is 1.12. The molecule has 0 aliphatic carbocycles. The number of aromatic nitrogens is 3.